The summed E-state index contributed by atoms with van der Waals surface area (Å²) in [5.74, 6) is -1.51. The molecule has 0 radical (unpaired) electrons. The highest BCUT2D eigenvalue weighted by Gasteiger charge is 2.56. The molecule has 1 N–H and O–H groups in total. The van der Waals surface area contributed by atoms with Gasteiger partial charge in [0, 0.05) is 12.0 Å². The summed E-state index contributed by atoms with van der Waals surface area (Å²) in [7, 11) is -3.77. The van der Waals surface area contributed by atoms with Crippen LogP contribution < -0.4 is 0 Å². The molecule has 1 aromatic carbocycles. The third kappa shape index (κ3) is 1.96. The van der Waals surface area contributed by atoms with Crippen LogP contribution in [0, 0.1) is 5.82 Å². The summed E-state index contributed by atoms with van der Waals surface area (Å²) < 4.78 is 63.3. The van der Waals surface area contributed by atoms with Gasteiger partial charge >= 0.3 is 4.83 Å². The van der Waals surface area contributed by atoms with Gasteiger partial charge in [-0.3, -0.25) is 0 Å². The second-order valence-corrected chi connectivity index (χ2v) is 7.14. The number of halogens is 4. The van der Waals surface area contributed by atoms with Gasteiger partial charge in [-0.05, 0) is 34.1 Å². The van der Waals surface area contributed by atoms with E-state index in [1.807, 2.05) is 15.9 Å². The second-order valence-electron chi connectivity index (χ2n) is 4.07. The van der Waals surface area contributed by atoms with Crippen molar-refractivity contribution in [3.8, 4) is 0 Å². The Labute approximate surface area is 110 Å². The summed E-state index contributed by atoms with van der Waals surface area (Å²) >= 11 is 2.03. The largest absolute Gasteiger partial charge is 0.378 e. The fourth-order valence-electron chi connectivity index (χ4n) is 1.92. The van der Waals surface area contributed by atoms with Crippen molar-refractivity contribution in [1.82, 2.24) is 0 Å². The van der Waals surface area contributed by atoms with Crippen LogP contribution in [0.5, 0.6) is 0 Å². The molecule has 100 valence electrons. The molecule has 1 atom stereocenters. The zero-order valence-electron chi connectivity index (χ0n) is 8.83. The topological polar surface area (TPSA) is 54.4 Å². The smallest absolute Gasteiger partial charge is 0.333 e. The van der Waals surface area contributed by atoms with Gasteiger partial charge in [-0.15, -0.1) is 0 Å². The van der Waals surface area contributed by atoms with E-state index in [4.69, 9.17) is 0 Å². The van der Waals surface area contributed by atoms with Crippen LogP contribution in [-0.2, 0) is 15.4 Å². The average molecular weight is 345 g/mol. The van der Waals surface area contributed by atoms with Gasteiger partial charge < -0.3 is 5.11 Å². The molecular formula is C10H8BrF3O3S. The Morgan fingerprint density at radius 3 is 2.56 bits per heavy atom. The summed E-state index contributed by atoms with van der Waals surface area (Å²) in [5, 5.41) is 9.99. The van der Waals surface area contributed by atoms with Crippen molar-refractivity contribution in [3.63, 3.8) is 0 Å². The van der Waals surface area contributed by atoms with Gasteiger partial charge in [-0.1, -0.05) is 0 Å². The summed E-state index contributed by atoms with van der Waals surface area (Å²) in [4.78, 5) is -4.21. The minimum atomic E-state index is -3.77. The molecule has 0 saturated carbocycles. The third-order valence-corrected chi connectivity index (χ3v) is 5.35. The van der Waals surface area contributed by atoms with Crippen LogP contribution in [0.3, 0.4) is 0 Å². The normalized spacial score (nSPS) is 26.7. The molecule has 1 unspecified atom stereocenters. The van der Waals surface area contributed by atoms with Gasteiger partial charge in [0.2, 0.25) is 0 Å². The molecule has 1 heterocycles. The van der Waals surface area contributed by atoms with Crippen molar-refractivity contribution in [1.29, 1.82) is 0 Å². The second kappa shape index (κ2) is 3.94. The first-order valence-corrected chi connectivity index (χ1v) is 7.34. The molecular weight excluding hydrogens is 337 g/mol. The lowest BCUT2D eigenvalue weighted by atomic mass is 9.91. The zero-order valence-corrected chi connectivity index (χ0v) is 11.2. The molecule has 1 aliphatic heterocycles. The molecule has 3 nitrogen and oxygen atoms in total. The zero-order chi connectivity index (χ0) is 13.8. The van der Waals surface area contributed by atoms with E-state index >= 15 is 0 Å². The van der Waals surface area contributed by atoms with Crippen LogP contribution in [0.2, 0.25) is 0 Å². The maximum absolute atomic E-state index is 13.4. The van der Waals surface area contributed by atoms with Crippen molar-refractivity contribution >= 4 is 25.8 Å². The highest BCUT2D eigenvalue weighted by molar-refractivity contribution is 9.10. The van der Waals surface area contributed by atoms with Gasteiger partial charge in [0.05, 0.1) is 10.6 Å². The number of alkyl halides is 3. The average Bonchev–Trinajstić information content (AvgIpc) is 2.22. The van der Waals surface area contributed by atoms with Crippen molar-refractivity contribution in [2.45, 2.75) is 21.7 Å². The molecule has 8 heteroatoms. The highest BCUT2D eigenvalue weighted by Crippen LogP contribution is 2.49. The lowest BCUT2D eigenvalue weighted by Crippen LogP contribution is -2.46. The first kappa shape index (κ1) is 13.8. The van der Waals surface area contributed by atoms with E-state index in [2.05, 4.69) is 0 Å². The van der Waals surface area contributed by atoms with Gasteiger partial charge in [-0.2, -0.15) is 8.78 Å². The maximum Gasteiger partial charge on any atom is 0.333 e. The van der Waals surface area contributed by atoms with Crippen LogP contribution in [0.4, 0.5) is 13.2 Å². The number of hydrogen-bond acceptors (Lipinski definition) is 3. The molecule has 0 aliphatic carbocycles. The van der Waals surface area contributed by atoms with Crippen LogP contribution in [0.25, 0.3) is 0 Å². The first-order chi connectivity index (χ1) is 8.08. The lowest BCUT2D eigenvalue weighted by molar-refractivity contribution is -0.126. The molecule has 0 spiro atoms. The van der Waals surface area contributed by atoms with E-state index in [1.54, 1.807) is 0 Å². The minimum absolute atomic E-state index is 0.461. The lowest BCUT2D eigenvalue weighted by Gasteiger charge is -2.37. The van der Waals surface area contributed by atoms with E-state index in [1.165, 1.54) is 0 Å². The molecule has 18 heavy (non-hydrogen) atoms. The van der Waals surface area contributed by atoms with Crippen LogP contribution in [-0.4, -0.2) is 24.1 Å². The van der Waals surface area contributed by atoms with E-state index < -0.39 is 48.7 Å². The Morgan fingerprint density at radius 2 is 2.00 bits per heavy atom. The molecule has 0 fully saturated rings. The van der Waals surface area contributed by atoms with Crippen molar-refractivity contribution in [2.24, 2.45) is 0 Å². The Morgan fingerprint density at radius 1 is 1.39 bits per heavy atom. The third-order valence-electron chi connectivity index (χ3n) is 2.92. The number of aliphatic hydroxyl groups is 1. The molecule has 1 aromatic rings. The molecule has 0 saturated heterocycles. The van der Waals surface area contributed by atoms with Gasteiger partial charge in [0.25, 0.3) is 0 Å². The van der Waals surface area contributed by atoms with Gasteiger partial charge in [0.15, 0.2) is 15.4 Å². The van der Waals surface area contributed by atoms with Crippen LogP contribution in [0.15, 0.2) is 23.1 Å². The van der Waals surface area contributed by atoms with E-state index in [0.29, 0.717) is 6.07 Å². The van der Waals surface area contributed by atoms with E-state index in [-0.39, 0.29) is 0 Å². The highest BCUT2D eigenvalue weighted by atomic mass is 79.9. The molecule has 0 amide bonds. The Kier molecular flexibility index (Phi) is 3.03. The summed E-state index contributed by atoms with van der Waals surface area (Å²) in [5.41, 5.74) is -3.36. The fourth-order valence-corrected chi connectivity index (χ4v) is 3.95. The number of fused-ring (bicyclic) bond motifs is 1. The summed E-state index contributed by atoms with van der Waals surface area (Å²) in [6.07, 6.45) is -0.704. The van der Waals surface area contributed by atoms with Crippen molar-refractivity contribution in [2.75, 3.05) is 5.75 Å². The monoisotopic (exact) mass is 344 g/mol. The number of sulfone groups is 1. The van der Waals surface area contributed by atoms with Crippen molar-refractivity contribution < 1.29 is 26.7 Å². The fraction of sp³-hybridized carbons (Fsp3) is 0.400. The predicted molar refractivity (Wildman–Crippen MR) is 60.8 cm³/mol. The quantitative estimate of drug-likeness (QED) is 0.627. The SMILES string of the molecule is O=S1(=O)CCC(O)(C(F)(F)Br)c2cc(F)ccc21. The van der Waals surface area contributed by atoms with E-state index in [0.717, 1.165) is 12.1 Å². The summed E-state index contributed by atoms with van der Waals surface area (Å²) in [6, 6.07) is 2.37. The predicted octanol–water partition coefficient (Wildman–Crippen LogP) is 2.18. The Balaban J connectivity index is 2.77. The maximum atomic E-state index is 13.4. The number of hydrogen-bond donors (Lipinski definition) is 1. The number of benzene rings is 1. The molecule has 2 rings (SSSR count). The molecule has 0 aromatic heterocycles. The molecule has 0 bridgehead atoms. The summed E-state index contributed by atoms with van der Waals surface area (Å²) in [6.45, 7) is 0. The van der Waals surface area contributed by atoms with Gasteiger partial charge in [0.1, 0.15) is 5.82 Å². The van der Waals surface area contributed by atoms with Gasteiger partial charge in [-0.25, -0.2) is 12.8 Å². The van der Waals surface area contributed by atoms with E-state index in [9.17, 15) is 26.7 Å². The number of rotatable bonds is 1. The first-order valence-electron chi connectivity index (χ1n) is 4.90. The minimum Gasteiger partial charge on any atom is -0.378 e. The Hall–Kier alpha value is -0.600. The molecule has 1 aliphatic rings. The van der Waals surface area contributed by atoms with Crippen molar-refractivity contribution in [3.05, 3.63) is 29.6 Å². The standard InChI is InChI=1S/C10H8BrF3O3S/c11-10(13,14)9(15)3-4-18(16,17)8-2-1-6(12)5-7(8)9/h1-2,5,15H,3-4H2. The Bertz CT molecular complexity index is 597. The van der Waals surface area contributed by atoms with Crippen LogP contribution in [0.1, 0.15) is 12.0 Å². The van der Waals surface area contributed by atoms with Crippen LogP contribution >= 0.6 is 15.9 Å².